The van der Waals surface area contributed by atoms with Gasteiger partial charge in [-0.05, 0) is 63.5 Å². The van der Waals surface area contributed by atoms with E-state index < -0.39 is 0 Å². The Labute approximate surface area is 190 Å². The van der Waals surface area contributed by atoms with Gasteiger partial charge in [-0.25, -0.2) is 9.98 Å². The Hall–Kier alpha value is -3.46. The molecule has 3 aromatic carbocycles. The van der Waals surface area contributed by atoms with Crippen LogP contribution in [0.15, 0.2) is 94.6 Å². The molecule has 1 aliphatic heterocycles. The summed E-state index contributed by atoms with van der Waals surface area (Å²) >= 11 is 0. The number of benzene rings is 3. The smallest absolute Gasteiger partial charge is 0.0950 e. The second-order valence-electron chi connectivity index (χ2n) is 8.75. The maximum absolute atomic E-state index is 5.16. The van der Waals surface area contributed by atoms with Crippen molar-refractivity contribution in [3.8, 4) is 0 Å². The summed E-state index contributed by atoms with van der Waals surface area (Å²) in [5.41, 5.74) is 10.0. The number of hydrogen-bond donors (Lipinski definition) is 0. The Morgan fingerprint density at radius 1 is 0.625 bits per heavy atom. The van der Waals surface area contributed by atoms with E-state index in [9.17, 15) is 0 Å². The van der Waals surface area contributed by atoms with Crippen molar-refractivity contribution in [3.63, 3.8) is 0 Å². The van der Waals surface area contributed by atoms with Gasteiger partial charge in [-0.15, -0.1) is 0 Å². The first kappa shape index (κ1) is 20.4. The number of fused-ring (bicyclic) bond motifs is 1. The molecule has 0 radical (unpaired) electrons. The van der Waals surface area contributed by atoms with Crippen molar-refractivity contribution in [3.05, 3.63) is 107 Å². The molecule has 0 atom stereocenters. The normalized spacial score (nSPS) is 18.6. The Kier molecular flexibility index (Phi) is 5.72. The van der Waals surface area contributed by atoms with Crippen molar-refractivity contribution in [2.45, 2.75) is 33.1 Å². The molecule has 160 valence electrons. The fraction of sp³-hybridized carbons (Fsp3) is 0.241. The fourth-order valence-electron chi connectivity index (χ4n) is 4.42. The molecule has 0 bridgehead atoms. The summed E-state index contributed by atoms with van der Waals surface area (Å²) in [7, 11) is 0. The lowest BCUT2D eigenvalue weighted by atomic mass is 9.90. The van der Waals surface area contributed by atoms with Gasteiger partial charge in [0, 0.05) is 24.2 Å². The molecule has 2 aliphatic rings. The number of rotatable bonds is 3. The van der Waals surface area contributed by atoms with E-state index >= 15 is 0 Å². The largest absolute Gasteiger partial charge is 0.370 e. The molecule has 0 amide bonds. The first-order valence-electron chi connectivity index (χ1n) is 11.5. The van der Waals surface area contributed by atoms with Gasteiger partial charge >= 0.3 is 0 Å². The number of hydrogen-bond acceptors (Lipinski definition) is 3. The SMILES string of the molecule is Cc1ccc(N=C2C=C(N3CCCCC3)C(=Nc3ccc(C)cc3)c3ccccc32)cc1. The molecule has 1 saturated heterocycles. The lowest BCUT2D eigenvalue weighted by Crippen LogP contribution is -2.35. The van der Waals surface area contributed by atoms with Crippen molar-refractivity contribution >= 4 is 22.8 Å². The molecule has 0 unspecified atom stereocenters. The van der Waals surface area contributed by atoms with Crippen LogP contribution in [-0.4, -0.2) is 29.4 Å². The Bertz CT molecular complexity index is 1190. The number of aryl methyl sites for hydroxylation is 2. The first-order valence-corrected chi connectivity index (χ1v) is 11.5. The quantitative estimate of drug-likeness (QED) is 0.452. The highest BCUT2D eigenvalue weighted by molar-refractivity contribution is 6.28. The van der Waals surface area contributed by atoms with Crippen LogP contribution in [0.25, 0.3) is 0 Å². The Morgan fingerprint density at radius 3 is 1.81 bits per heavy atom. The third kappa shape index (κ3) is 4.29. The maximum atomic E-state index is 5.16. The van der Waals surface area contributed by atoms with Crippen LogP contribution in [0.1, 0.15) is 41.5 Å². The highest BCUT2D eigenvalue weighted by atomic mass is 15.2. The second-order valence-corrected chi connectivity index (χ2v) is 8.75. The zero-order valence-corrected chi connectivity index (χ0v) is 18.9. The van der Waals surface area contributed by atoms with E-state index in [1.54, 1.807) is 0 Å². The molecule has 3 heteroatoms. The third-order valence-electron chi connectivity index (χ3n) is 6.23. The van der Waals surface area contributed by atoms with E-state index in [-0.39, 0.29) is 0 Å². The van der Waals surface area contributed by atoms with Crippen LogP contribution < -0.4 is 0 Å². The predicted molar refractivity (Wildman–Crippen MR) is 135 cm³/mol. The highest BCUT2D eigenvalue weighted by Gasteiger charge is 2.27. The average molecular weight is 420 g/mol. The molecular weight excluding hydrogens is 390 g/mol. The molecule has 5 rings (SSSR count). The van der Waals surface area contributed by atoms with Gasteiger partial charge in [-0.3, -0.25) is 0 Å². The Morgan fingerprint density at radius 2 is 1.19 bits per heavy atom. The monoisotopic (exact) mass is 419 g/mol. The molecule has 0 aromatic heterocycles. The van der Waals surface area contributed by atoms with Crippen LogP contribution in [0.3, 0.4) is 0 Å². The van der Waals surface area contributed by atoms with Gasteiger partial charge in [0.05, 0.1) is 28.5 Å². The molecular formula is C29H29N3. The minimum Gasteiger partial charge on any atom is -0.370 e. The highest BCUT2D eigenvalue weighted by Crippen LogP contribution is 2.30. The zero-order valence-electron chi connectivity index (χ0n) is 18.9. The molecule has 1 heterocycles. The fourth-order valence-corrected chi connectivity index (χ4v) is 4.42. The van der Waals surface area contributed by atoms with E-state index in [0.29, 0.717) is 0 Å². The summed E-state index contributed by atoms with van der Waals surface area (Å²) in [5, 5.41) is 0. The molecule has 0 N–H and O–H groups in total. The lowest BCUT2D eigenvalue weighted by Gasteiger charge is -2.34. The van der Waals surface area contributed by atoms with Crippen molar-refractivity contribution in [2.24, 2.45) is 9.98 Å². The van der Waals surface area contributed by atoms with Crippen molar-refractivity contribution in [1.82, 2.24) is 4.90 Å². The molecule has 1 aliphatic carbocycles. The summed E-state index contributed by atoms with van der Waals surface area (Å²) < 4.78 is 0. The molecule has 1 fully saturated rings. The first-order chi connectivity index (χ1) is 15.7. The van der Waals surface area contributed by atoms with Gasteiger partial charge in [-0.1, -0.05) is 59.7 Å². The average Bonchev–Trinajstić information content (AvgIpc) is 2.84. The number of allylic oxidation sites excluding steroid dienone is 2. The van der Waals surface area contributed by atoms with Crippen molar-refractivity contribution < 1.29 is 0 Å². The van der Waals surface area contributed by atoms with Crippen LogP contribution in [0.4, 0.5) is 11.4 Å². The van der Waals surface area contributed by atoms with Gasteiger partial charge in [0.1, 0.15) is 0 Å². The van der Waals surface area contributed by atoms with Crippen LogP contribution in [0.2, 0.25) is 0 Å². The van der Waals surface area contributed by atoms with Gasteiger partial charge in [-0.2, -0.15) is 0 Å². The van der Waals surface area contributed by atoms with Gasteiger partial charge in [0.15, 0.2) is 0 Å². The topological polar surface area (TPSA) is 28.0 Å². The van der Waals surface area contributed by atoms with Crippen LogP contribution >= 0.6 is 0 Å². The van der Waals surface area contributed by atoms with Crippen LogP contribution in [-0.2, 0) is 0 Å². The minimum absolute atomic E-state index is 0.980. The van der Waals surface area contributed by atoms with E-state index in [2.05, 4.69) is 97.6 Å². The summed E-state index contributed by atoms with van der Waals surface area (Å²) in [5.74, 6) is 0. The Balaban J connectivity index is 1.67. The van der Waals surface area contributed by atoms with Crippen molar-refractivity contribution in [2.75, 3.05) is 13.1 Å². The summed E-state index contributed by atoms with van der Waals surface area (Å²) in [6, 6.07) is 25.4. The lowest BCUT2D eigenvalue weighted by molar-refractivity contribution is 0.298. The molecule has 0 spiro atoms. The third-order valence-corrected chi connectivity index (χ3v) is 6.23. The number of aliphatic imine (C=N–C) groups is 2. The van der Waals surface area contributed by atoms with E-state index in [4.69, 9.17) is 9.98 Å². The summed E-state index contributed by atoms with van der Waals surface area (Å²) in [6.45, 7) is 6.35. The predicted octanol–water partition coefficient (Wildman–Crippen LogP) is 6.93. The van der Waals surface area contributed by atoms with Gasteiger partial charge in [0.25, 0.3) is 0 Å². The number of piperidine rings is 1. The van der Waals surface area contributed by atoms with Crippen LogP contribution in [0, 0.1) is 13.8 Å². The molecule has 3 nitrogen and oxygen atoms in total. The summed E-state index contributed by atoms with van der Waals surface area (Å²) in [4.78, 5) is 12.7. The zero-order chi connectivity index (χ0) is 21.9. The van der Waals surface area contributed by atoms with Gasteiger partial charge < -0.3 is 4.90 Å². The number of nitrogens with zero attached hydrogens (tertiary/aromatic N) is 3. The second kappa shape index (κ2) is 8.96. The van der Waals surface area contributed by atoms with E-state index in [1.165, 1.54) is 36.1 Å². The standard InChI is InChI=1S/C29H29N3/c1-21-10-14-23(15-11-21)30-27-20-28(32-18-6-3-7-19-32)29(26-9-5-4-8-25(26)27)31-24-16-12-22(2)13-17-24/h4-5,8-17,20H,3,6-7,18-19H2,1-2H3. The van der Waals surface area contributed by atoms with Crippen LogP contribution in [0.5, 0.6) is 0 Å². The van der Waals surface area contributed by atoms with E-state index in [1.807, 2.05) is 0 Å². The maximum Gasteiger partial charge on any atom is 0.0950 e. The summed E-state index contributed by atoms with van der Waals surface area (Å²) in [6.07, 6.45) is 6.00. The van der Waals surface area contributed by atoms with E-state index in [0.717, 1.165) is 47.0 Å². The molecule has 3 aromatic rings. The van der Waals surface area contributed by atoms with Gasteiger partial charge in [0.2, 0.25) is 0 Å². The molecule has 32 heavy (non-hydrogen) atoms. The van der Waals surface area contributed by atoms with Crippen molar-refractivity contribution in [1.29, 1.82) is 0 Å². The molecule has 0 saturated carbocycles. The minimum atomic E-state index is 0.980. The number of likely N-dealkylation sites (tertiary alicyclic amines) is 1.